The molecule has 1 aliphatic rings. The molecule has 0 bridgehead atoms. The maximum atomic E-state index is 12.1. The molecule has 0 amide bonds. The lowest BCUT2D eigenvalue weighted by molar-refractivity contribution is 0.0371. The molecule has 1 fully saturated rings. The lowest BCUT2D eigenvalue weighted by Crippen LogP contribution is -2.39. The number of ketones is 1. The predicted octanol–water partition coefficient (Wildman–Crippen LogP) is 2.15. The van der Waals surface area contributed by atoms with Gasteiger partial charge in [-0.2, -0.15) is 0 Å². The number of benzene rings is 1. The van der Waals surface area contributed by atoms with Crippen LogP contribution in [0.25, 0.3) is 0 Å². The summed E-state index contributed by atoms with van der Waals surface area (Å²) in [5, 5.41) is 0. The van der Waals surface area contributed by atoms with Gasteiger partial charge in [0.15, 0.2) is 5.78 Å². The summed E-state index contributed by atoms with van der Waals surface area (Å²) < 4.78 is 5.28. The molecule has 2 rings (SSSR count). The van der Waals surface area contributed by atoms with Gasteiger partial charge in [0.2, 0.25) is 0 Å². The first-order chi connectivity index (χ1) is 8.79. The van der Waals surface area contributed by atoms with Crippen LogP contribution < -0.4 is 0 Å². The van der Waals surface area contributed by atoms with Gasteiger partial charge in [0.05, 0.1) is 19.8 Å². The number of hydrogen-bond donors (Lipinski definition) is 0. The Morgan fingerprint density at radius 2 is 1.89 bits per heavy atom. The molecule has 98 valence electrons. The van der Waals surface area contributed by atoms with Gasteiger partial charge in [-0.3, -0.25) is 9.69 Å². The van der Waals surface area contributed by atoms with Crippen molar-refractivity contribution in [2.75, 3.05) is 32.8 Å². The van der Waals surface area contributed by atoms with Crippen molar-refractivity contribution < 1.29 is 9.53 Å². The number of Topliss-reactive ketones (excluding diaryl/α,β-unsaturated/α-hetero) is 1. The second kappa shape index (κ2) is 6.66. The Balaban J connectivity index is 1.91. The van der Waals surface area contributed by atoms with E-state index in [0.29, 0.717) is 6.54 Å². The Bertz CT molecular complexity index is 380. The summed E-state index contributed by atoms with van der Waals surface area (Å²) in [6.45, 7) is 5.87. The largest absolute Gasteiger partial charge is 0.379 e. The molecule has 1 aromatic carbocycles. The quantitative estimate of drug-likeness (QED) is 0.747. The van der Waals surface area contributed by atoms with Crippen molar-refractivity contribution in [2.24, 2.45) is 0 Å². The van der Waals surface area contributed by atoms with Gasteiger partial charge >= 0.3 is 0 Å². The van der Waals surface area contributed by atoms with Crippen LogP contribution in [0.2, 0.25) is 0 Å². The summed E-state index contributed by atoms with van der Waals surface area (Å²) in [4.78, 5) is 14.3. The molecule has 0 radical (unpaired) electrons. The maximum Gasteiger partial charge on any atom is 0.176 e. The first kappa shape index (κ1) is 13.2. The number of carbonyl (C=O) groups is 1. The highest BCUT2D eigenvalue weighted by atomic mass is 16.5. The molecule has 0 spiro atoms. The van der Waals surface area contributed by atoms with Crippen molar-refractivity contribution in [3.63, 3.8) is 0 Å². The Morgan fingerprint density at radius 1 is 1.22 bits per heavy atom. The lowest BCUT2D eigenvalue weighted by atomic mass is 10.1. The van der Waals surface area contributed by atoms with Gasteiger partial charge in [-0.15, -0.1) is 0 Å². The minimum atomic E-state index is 0.208. The van der Waals surface area contributed by atoms with E-state index in [1.165, 1.54) is 5.56 Å². The number of aryl methyl sites for hydroxylation is 1. The molecule has 3 nitrogen and oxygen atoms in total. The Morgan fingerprint density at radius 3 is 2.50 bits per heavy atom. The van der Waals surface area contributed by atoms with Crippen LogP contribution in [0.1, 0.15) is 29.3 Å². The van der Waals surface area contributed by atoms with Crippen molar-refractivity contribution in [3.05, 3.63) is 35.4 Å². The average molecular weight is 247 g/mol. The highest BCUT2D eigenvalue weighted by Crippen LogP contribution is 2.08. The number of ether oxygens (including phenoxy) is 1. The highest BCUT2D eigenvalue weighted by Gasteiger charge is 2.15. The molecule has 18 heavy (non-hydrogen) atoms. The normalized spacial score (nSPS) is 16.7. The number of hydrogen-bond acceptors (Lipinski definition) is 3. The zero-order chi connectivity index (χ0) is 12.8. The molecular formula is C15H21NO2. The molecule has 0 aromatic heterocycles. The van der Waals surface area contributed by atoms with Gasteiger partial charge in [-0.05, 0) is 12.0 Å². The fourth-order valence-corrected chi connectivity index (χ4v) is 2.20. The molecular weight excluding hydrogens is 226 g/mol. The maximum absolute atomic E-state index is 12.1. The smallest absolute Gasteiger partial charge is 0.176 e. The number of rotatable bonds is 5. The van der Waals surface area contributed by atoms with E-state index in [4.69, 9.17) is 4.74 Å². The van der Waals surface area contributed by atoms with Crippen molar-refractivity contribution >= 4 is 5.78 Å². The Kier molecular flexibility index (Phi) is 4.90. The Hall–Kier alpha value is -1.19. The van der Waals surface area contributed by atoms with Crippen molar-refractivity contribution in [2.45, 2.75) is 19.8 Å². The van der Waals surface area contributed by atoms with E-state index < -0.39 is 0 Å². The third kappa shape index (κ3) is 3.65. The van der Waals surface area contributed by atoms with E-state index in [-0.39, 0.29) is 5.78 Å². The van der Waals surface area contributed by atoms with Gasteiger partial charge in [-0.1, -0.05) is 37.6 Å². The molecule has 0 atom stereocenters. The highest BCUT2D eigenvalue weighted by molar-refractivity contribution is 5.97. The molecule has 3 heteroatoms. The van der Waals surface area contributed by atoms with Crippen LogP contribution in [0, 0.1) is 0 Å². The minimum absolute atomic E-state index is 0.208. The lowest BCUT2D eigenvalue weighted by Gasteiger charge is -2.25. The van der Waals surface area contributed by atoms with Gasteiger partial charge in [0.25, 0.3) is 0 Å². The molecule has 0 unspecified atom stereocenters. The van der Waals surface area contributed by atoms with Crippen molar-refractivity contribution in [3.8, 4) is 0 Å². The van der Waals surface area contributed by atoms with Gasteiger partial charge in [-0.25, -0.2) is 0 Å². The summed E-state index contributed by atoms with van der Waals surface area (Å²) in [5.41, 5.74) is 2.13. The van der Waals surface area contributed by atoms with Gasteiger partial charge in [0.1, 0.15) is 0 Å². The topological polar surface area (TPSA) is 29.5 Å². The minimum Gasteiger partial charge on any atom is -0.379 e. The molecule has 1 heterocycles. The van der Waals surface area contributed by atoms with Crippen molar-refractivity contribution in [1.29, 1.82) is 0 Å². The van der Waals surface area contributed by atoms with Crippen LogP contribution in [0.4, 0.5) is 0 Å². The monoisotopic (exact) mass is 247 g/mol. The zero-order valence-corrected chi connectivity index (χ0v) is 11.0. The zero-order valence-electron chi connectivity index (χ0n) is 11.0. The molecule has 0 saturated carbocycles. The predicted molar refractivity (Wildman–Crippen MR) is 72.0 cm³/mol. The number of carbonyl (C=O) groups excluding carboxylic acids is 1. The first-order valence-corrected chi connectivity index (χ1v) is 6.72. The molecule has 1 saturated heterocycles. The fourth-order valence-electron chi connectivity index (χ4n) is 2.20. The van der Waals surface area contributed by atoms with E-state index in [9.17, 15) is 4.79 Å². The second-order valence-corrected chi connectivity index (χ2v) is 4.76. The van der Waals surface area contributed by atoms with Crippen LogP contribution in [0.15, 0.2) is 24.3 Å². The molecule has 0 aliphatic carbocycles. The average Bonchev–Trinajstić information content (AvgIpc) is 2.41. The van der Waals surface area contributed by atoms with Crippen molar-refractivity contribution in [1.82, 2.24) is 4.90 Å². The summed E-state index contributed by atoms with van der Waals surface area (Å²) in [5.74, 6) is 0.208. The van der Waals surface area contributed by atoms with Crippen LogP contribution in [-0.4, -0.2) is 43.5 Å². The molecule has 1 aromatic rings. The fraction of sp³-hybridized carbons (Fsp3) is 0.533. The number of morpholine rings is 1. The summed E-state index contributed by atoms with van der Waals surface area (Å²) >= 11 is 0. The van der Waals surface area contributed by atoms with E-state index >= 15 is 0 Å². The van der Waals surface area contributed by atoms with Gasteiger partial charge < -0.3 is 4.74 Å². The third-order valence-electron chi connectivity index (χ3n) is 3.29. The molecule has 1 aliphatic heterocycles. The molecule has 0 N–H and O–H groups in total. The van der Waals surface area contributed by atoms with Crippen LogP contribution >= 0.6 is 0 Å². The summed E-state index contributed by atoms with van der Waals surface area (Å²) in [6, 6.07) is 8.04. The van der Waals surface area contributed by atoms with E-state index in [1.807, 2.05) is 12.1 Å². The van der Waals surface area contributed by atoms with E-state index in [0.717, 1.165) is 44.7 Å². The standard InChI is InChI=1S/C15H21NO2/c1-2-3-13-4-6-14(7-5-13)15(17)12-16-8-10-18-11-9-16/h4-7H,2-3,8-12H2,1H3. The van der Waals surface area contributed by atoms with E-state index in [2.05, 4.69) is 24.0 Å². The summed E-state index contributed by atoms with van der Waals surface area (Å²) in [7, 11) is 0. The van der Waals surface area contributed by atoms with Crippen LogP contribution in [0.5, 0.6) is 0 Å². The van der Waals surface area contributed by atoms with Crippen LogP contribution in [-0.2, 0) is 11.2 Å². The number of nitrogens with zero attached hydrogens (tertiary/aromatic N) is 1. The summed E-state index contributed by atoms with van der Waals surface area (Å²) in [6.07, 6.45) is 2.22. The second-order valence-electron chi connectivity index (χ2n) is 4.76. The first-order valence-electron chi connectivity index (χ1n) is 6.72. The Labute approximate surface area is 109 Å². The van der Waals surface area contributed by atoms with Crippen LogP contribution in [0.3, 0.4) is 0 Å². The van der Waals surface area contributed by atoms with E-state index in [1.54, 1.807) is 0 Å². The SMILES string of the molecule is CCCc1ccc(C(=O)CN2CCOCC2)cc1. The van der Waals surface area contributed by atoms with Gasteiger partial charge in [0, 0.05) is 18.7 Å². The third-order valence-corrected chi connectivity index (χ3v) is 3.29.